The summed E-state index contributed by atoms with van der Waals surface area (Å²) in [5, 5.41) is 8.82. The number of carboxylic acid groups (broad SMARTS) is 1. The first-order valence-corrected chi connectivity index (χ1v) is 8.48. The molecule has 0 bridgehead atoms. The summed E-state index contributed by atoms with van der Waals surface area (Å²) in [5.41, 5.74) is 0. The van der Waals surface area contributed by atoms with E-state index in [1.807, 2.05) is 0 Å². The van der Waals surface area contributed by atoms with Crippen LogP contribution < -0.4 is 0 Å². The van der Waals surface area contributed by atoms with Crippen LogP contribution in [0.3, 0.4) is 0 Å². The molecule has 0 amide bonds. The molecule has 116 valence electrons. The van der Waals surface area contributed by atoms with Gasteiger partial charge in [0, 0.05) is 29.7 Å². The molecule has 1 heterocycles. The molecular weight excluding hydrogens is 289 g/mol. The lowest BCUT2D eigenvalue weighted by molar-refractivity contribution is -0.137. The summed E-state index contributed by atoms with van der Waals surface area (Å²) in [6, 6.07) is 6.98. The van der Waals surface area contributed by atoms with Crippen molar-refractivity contribution in [2.45, 2.75) is 43.0 Å². The molecule has 1 unspecified atom stereocenters. The molecule has 3 nitrogen and oxygen atoms in total. The first-order valence-electron chi connectivity index (χ1n) is 7.49. The maximum atomic E-state index is 12.8. The molecule has 0 radical (unpaired) electrons. The fourth-order valence-electron chi connectivity index (χ4n) is 2.78. The van der Waals surface area contributed by atoms with Crippen molar-refractivity contribution in [2.75, 3.05) is 18.8 Å². The zero-order valence-electron chi connectivity index (χ0n) is 12.1. The summed E-state index contributed by atoms with van der Waals surface area (Å²) in [6.07, 6.45) is 4.51. The van der Waals surface area contributed by atoms with Gasteiger partial charge >= 0.3 is 5.97 Å². The van der Waals surface area contributed by atoms with Crippen LogP contribution in [0, 0.1) is 5.82 Å². The van der Waals surface area contributed by atoms with Crippen LogP contribution >= 0.6 is 11.8 Å². The fourth-order valence-corrected chi connectivity index (χ4v) is 3.67. The molecule has 0 spiro atoms. The Labute approximate surface area is 129 Å². The van der Waals surface area contributed by atoms with Gasteiger partial charge < -0.3 is 5.11 Å². The van der Waals surface area contributed by atoms with Crippen molar-refractivity contribution in [3.63, 3.8) is 0 Å². The Kier molecular flexibility index (Phi) is 6.51. The molecule has 1 saturated heterocycles. The van der Waals surface area contributed by atoms with Gasteiger partial charge in [-0.25, -0.2) is 4.39 Å². The number of likely N-dealkylation sites (tertiary alicyclic amines) is 1. The molecule has 0 aliphatic carbocycles. The van der Waals surface area contributed by atoms with Crippen LogP contribution in [0.15, 0.2) is 29.2 Å². The van der Waals surface area contributed by atoms with E-state index in [0.717, 1.165) is 36.6 Å². The quantitative estimate of drug-likeness (QED) is 0.781. The Morgan fingerprint density at radius 3 is 2.81 bits per heavy atom. The normalized spacial score (nSPS) is 19.6. The van der Waals surface area contributed by atoms with E-state index >= 15 is 0 Å². The predicted octanol–water partition coefficient (Wildman–Crippen LogP) is 3.64. The summed E-state index contributed by atoms with van der Waals surface area (Å²) < 4.78 is 12.8. The lowest BCUT2D eigenvalue weighted by Crippen LogP contribution is -2.41. The minimum Gasteiger partial charge on any atom is -0.481 e. The number of nitrogens with zero attached hydrogens (tertiary/aromatic N) is 1. The van der Waals surface area contributed by atoms with Crippen molar-refractivity contribution in [3.05, 3.63) is 30.1 Å². The summed E-state index contributed by atoms with van der Waals surface area (Å²) in [7, 11) is 0. The van der Waals surface area contributed by atoms with Gasteiger partial charge in [0.25, 0.3) is 0 Å². The maximum Gasteiger partial charge on any atom is 0.303 e. The van der Waals surface area contributed by atoms with Gasteiger partial charge in [0.15, 0.2) is 0 Å². The summed E-state index contributed by atoms with van der Waals surface area (Å²) >= 11 is 1.72. The number of benzene rings is 1. The Balaban J connectivity index is 1.76. The molecule has 1 aromatic rings. The lowest BCUT2D eigenvalue weighted by atomic mass is 9.98. The number of carboxylic acids is 1. The first kappa shape index (κ1) is 16.3. The third-order valence-corrected chi connectivity index (χ3v) is 4.89. The molecule has 1 aliphatic heterocycles. The van der Waals surface area contributed by atoms with Gasteiger partial charge in [-0.2, -0.15) is 0 Å². The van der Waals surface area contributed by atoms with E-state index in [1.165, 1.54) is 25.0 Å². The minimum absolute atomic E-state index is 0.205. The van der Waals surface area contributed by atoms with Crippen molar-refractivity contribution >= 4 is 17.7 Å². The second-order valence-corrected chi connectivity index (χ2v) is 6.59. The highest BCUT2D eigenvalue weighted by atomic mass is 32.2. The third-order valence-electron chi connectivity index (χ3n) is 3.90. The van der Waals surface area contributed by atoms with Crippen LogP contribution in [0.1, 0.15) is 32.1 Å². The molecule has 0 saturated carbocycles. The van der Waals surface area contributed by atoms with E-state index in [0.29, 0.717) is 6.04 Å². The molecule has 1 atom stereocenters. The molecule has 21 heavy (non-hydrogen) atoms. The van der Waals surface area contributed by atoms with Crippen molar-refractivity contribution in [1.29, 1.82) is 0 Å². The predicted molar refractivity (Wildman–Crippen MR) is 83.2 cm³/mol. The number of thioether (sulfide) groups is 1. The number of halogens is 1. The highest BCUT2D eigenvalue weighted by Crippen LogP contribution is 2.23. The van der Waals surface area contributed by atoms with E-state index in [1.54, 1.807) is 23.9 Å². The van der Waals surface area contributed by atoms with Crippen LogP contribution in [0.5, 0.6) is 0 Å². The second-order valence-electron chi connectivity index (χ2n) is 5.42. The Morgan fingerprint density at radius 1 is 1.33 bits per heavy atom. The highest BCUT2D eigenvalue weighted by molar-refractivity contribution is 7.99. The fraction of sp³-hybridized carbons (Fsp3) is 0.562. The van der Waals surface area contributed by atoms with Crippen molar-refractivity contribution in [3.8, 4) is 0 Å². The Hall–Kier alpha value is -1.07. The molecule has 1 fully saturated rings. The van der Waals surface area contributed by atoms with E-state index < -0.39 is 5.97 Å². The summed E-state index contributed by atoms with van der Waals surface area (Å²) in [4.78, 5) is 14.2. The van der Waals surface area contributed by atoms with Gasteiger partial charge in [0.2, 0.25) is 0 Å². The van der Waals surface area contributed by atoms with Gasteiger partial charge in [-0.1, -0.05) is 6.42 Å². The number of hydrogen-bond donors (Lipinski definition) is 1. The topological polar surface area (TPSA) is 40.5 Å². The average Bonchev–Trinajstić information content (AvgIpc) is 2.48. The van der Waals surface area contributed by atoms with Crippen LogP contribution in [0.2, 0.25) is 0 Å². The molecule has 1 aromatic carbocycles. The van der Waals surface area contributed by atoms with Gasteiger partial charge in [-0.05, 0) is 50.1 Å². The standard InChI is InChI=1S/C16H22FNO2S/c17-13-4-7-15(8-5-13)21-12-11-18-10-2-1-3-14(18)6-9-16(19)20/h4-5,7-8,14H,1-3,6,9-12H2,(H,19,20). The monoisotopic (exact) mass is 311 g/mol. The van der Waals surface area contributed by atoms with Crippen molar-refractivity contribution in [2.24, 2.45) is 0 Å². The van der Waals surface area contributed by atoms with E-state index in [9.17, 15) is 9.18 Å². The number of aliphatic carboxylic acids is 1. The van der Waals surface area contributed by atoms with Crippen LogP contribution in [0.25, 0.3) is 0 Å². The van der Waals surface area contributed by atoms with Gasteiger partial charge in [-0.3, -0.25) is 9.69 Å². The molecule has 0 aromatic heterocycles. The van der Waals surface area contributed by atoms with Crippen LogP contribution in [0.4, 0.5) is 4.39 Å². The zero-order chi connectivity index (χ0) is 15.1. The second kappa shape index (κ2) is 8.39. The molecule has 1 N–H and O–H groups in total. The van der Waals surface area contributed by atoms with Gasteiger partial charge in [-0.15, -0.1) is 11.8 Å². The summed E-state index contributed by atoms with van der Waals surface area (Å²) in [5.74, 6) is 0.0418. The largest absolute Gasteiger partial charge is 0.481 e. The zero-order valence-corrected chi connectivity index (χ0v) is 12.9. The Bertz CT molecular complexity index is 452. The number of piperidine rings is 1. The van der Waals surface area contributed by atoms with Crippen molar-refractivity contribution in [1.82, 2.24) is 4.90 Å². The van der Waals surface area contributed by atoms with Gasteiger partial charge in [0.1, 0.15) is 5.82 Å². The first-order chi connectivity index (χ1) is 10.1. The van der Waals surface area contributed by atoms with Gasteiger partial charge in [0.05, 0.1) is 0 Å². The van der Waals surface area contributed by atoms with E-state index in [2.05, 4.69) is 4.90 Å². The SMILES string of the molecule is O=C(O)CCC1CCCCN1CCSc1ccc(F)cc1. The Morgan fingerprint density at radius 2 is 2.10 bits per heavy atom. The van der Waals surface area contributed by atoms with Crippen LogP contribution in [-0.2, 0) is 4.79 Å². The highest BCUT2D eigenvalue weighted by Gasteiger charge is 2.22. The minimum atomic E-state index is -0.707. The van der Waals surface area contributed by atoms with Crippen molar-refractivity contribution < 1.29 is 14.3 Å². The molecule has 2 rings (SSSR count). The van der Waals surface area contributed by atoms with Crippen LogP contribution in [-0.4, -0.2) is 40.9 Å². The molecule has 1 aliphatic rings. The maximum absolute atomic E-state index is 12.8. The van der Waals surface area contributed by atoms with E-state index in [-0.39, 0.29) is 12.2 Å². The number of rotatable bonds is 7. The smallest absolute Gasteiger partial charge is 0.303 e. The third kappa shape index (κ3) is 5.67. The van der Waals surface area contributed by atoms with E-state index in [4.69, 9.17) is 5.11 Å². The molecule has 5 heteroatoms. The molecular formula is C16H22FNO2S. The lowest BCUT2D eigenvalue weighted by Gasteiger charge is -2.35. The number of hydrogen-bond acceptors (Lipinski definition) is 3. The summed E-state index contributed by atoms with van der Waals surface area (Å²) in [6.45, 7) is 2.03. The average molecular weight is 311 g/mol. The number of carbonyl (C=O) groups is 1.